The van der Waals surface area contributed by atoms with Gasteiger partial charge in [-0.3, -0.25) is 4.79 Å². The van der Waals surface area contributed by atoms with Crippen molar-refractivity contribution in [3.63, 3.8) is 0 Å². The van der Waals surface area contributed by atoms with Crippen LogP contribution in [-0.2, 0) is 4.79 Å². The van der Waals surface area contributed by atoms with Crippen LogP contribution >= 0.6 is 0 Å². The summed E-state index contributed by atoms with van der Waals surface area (Å²) >= 11 is 0. The Balaban J connectivity index is 4.37. The minimum atomic E-state index is -0.0325. The molecule has 13 heavy (non-hydrogen) atoms. The molecule has 1 heteroatoms. The number of hydrogen-bond donors (Lipinski definition) is 0. The third-order valence-corrected chi connectivity index (χ3v) is 2.08. The molecule has 0 aliphatic heterocycles. The summed E-state index contributed by atoms with van der Waals surface area (Å²) in [4.78, 5) is 11.2. The smallest absolute Gasteiger partial charge is 0.137 e. The number of carbonyl (C=O) groups excluding carboxylic acids is 1. The lowest BCUT2D eigenvalue weighted by Gasteiger charge is -2.10. The highest BCUT2D eigenvalue weighted by Gasteiger charge is 2.12. The van der Waals surface area contributed by atoms with Crippen LogP contribution in [0.25, 0.3) is 0 Å². The molecule has 72 valence electrons. The van der Waals surface area contributed by atoms with Gasteiger partial charge in [0.05, 0.1) is 0 Å². The Morgan fingerprint density at radius 2 is 1.92 bits per heavy atom. The minimum Gasteiger partial charge on any atom is -0.299 e. The number of rotatable bonds is 5. The van der Waals surface area contributed by atoms with Crippen molar-refractivity contribution in [2.24, 2.45) is 5.92 Å². The third-order valence-electron chi connectivity index (χ3n) is 2.08. The molecule has 0 fully saturated rings. The lowest BCUT2D eigenvalue weighted by Crippen LogP contribution is -2.10. The van der Waals surface area contributed by atoms with E-state index in [-0.39, 0.29) is 11.7 Å². The Morgan fingerprint density at radius 1 is 1.38 bits per heavy atom. The van der Waals surface area contributed by atoms with Gasteiger partial charge >= 0.3 is 0 Å². The molecule has 0 rings (SSSR count). The first-order chi connectivity index (χ1) is 5.99. The molecule has 1 atom stereocenters. The number of allylic oxidation sites excluding steroid dienone is 4. The number of ketones is 1. The molecular weight excluding hydrogens is 160 g/mol. The van der Waals surface area contributed by atoms with E-state index in [2.05, 4.69) is 13.2 Å². The molecule has 0 aromatic rings. The van der Waals surface area contributed by atoms with E-state index in [0.29, 0.717) is 0 Å². The van der Waals surface area contributed by atoms with E-state index < -0.39 is 0 Å². The predicted octanol–water partition coefficient (Wildman–Crippen LogP) is 3.29. The zero-order chi connectivity index (χ0) is 10.4. The van der Waals surface area contributed by atoms with Crippen LogP contribution in [-0.4, -0.2) is 5.78 Å². The molecule has 0 heterocycles. The summed E-state index contributed by atoms with van der Waals surface area (Å²) in [5, 5.41) is 0. The van der Waals surface area contributed by atoms with Gasteiger partial charge in [-0.05, 0) is 27.2 Å². The van der Waals surface area contributed by atoms with E-state index in [9.17, 15) is 4.79 Å². The third kappa shape index (κ3) is 4.46. The van der Waals surface area contributed by atoms with E-state index in [1.165, 1.54) is 0 Å². The standard InChI is InChI=1S/C12H18O/c1-6-10(4)7-8-12(9(2)3)11(5)13/h6-7,12H,1-2,8H2,3-5H3. The SMILES string of the molecule is C=CC(C)=CCC(C(=C)C)C(C)=O. The summed E-state index contributed by atoms with van der Waals surface area (Å²) in [5.41, 5.74) is 2.04. The number of carbonyl (C=O) groups is 1. The Kier molecular flexibility index (Phi) is 5.05. The number of hydrogen-bond acceptors (Lipinski definition) is 1. The summed E-state index contributed by atoms with van der Waals surface area (Å²) in [6, 6.07) is 0. The highest BCUT2D eigenvalue weighted by molar-refractivity contribution is 5.81. The van der Waals surface area contributed by atoms with Crippen LogP contribution in [0.3, 0.4) is 0 Å². The molecule has 0 radical (unpaired) electrons. The lowest BCUT2D eigenvalue weighted by molar-refractivity contribution is -0.119. The zero-order valence-electron chi connectivity index (χ0n) is 8.76. The average Bonchev–Trinajstić information content (AvgIpc) is 2.03. The Morgan fingerprint density at radius 3 is 2.23 bits per heavy atom. The topological polar surface area (TPSA) is 17.1 Å². The molecular formula is C12H18O. The molecule has 0 aromatic heterocycles. The van der Waals surface area contributed by atoms with Gasteiger partial charge in [0.25, 0.3) is 0 Å². The van der Waals surface area contributed by atoms with Gasteiger partial charge in [-0.25, -0.2) is 0 Å². The zero-order valence-corrected chi connectivity index (χ0v) is 8.76. The summed E-state index contributed by atoms with van der Waals surface area (Å²) in [6.07, 6.45) is 4.55. The van der Waals surface area contributed by atoms with E-state index in [1.54, 1.807) is 13.0 Å². The van der Waals surface area contributed by atoms with Crippen molar-refractivity contribution in [2.45, 2.75) is 27.2 Å². The van der Waals surface area contributed by atoms with Crippen LogP contribution in [0.4, 0.5) is 0 Å². The molecule has 0 saturated heterocycles. The fourth-order valence-corrected chi connectivity index (χ4v) is 1.10. The van der Waals surface area contributed by atoms with Gasteiger partial charge in [0.1, 0.15) is 5.78 Å². The Hall–Kier alpha value is -1.11. The van der Waals surface area contributed by atoms with E-state index in [1.807, 2.05) is 19.9 Å². The minimum absolute atomic E-state index is 0.0325. The Labute approximate surface area is 80.8 Å². The lowest BCUT2D eigenvalue weighted by atomic mass is 9.93. The molecule has 0 aliphatic carbocycles. The second kappa shape index (κ2) is 5.52. The van der Waals surface area contributed by atoms with Gasteiger partial charge in [0.2, 0.25) is 0 Å². The quantitative estimate of drug-likeness (QED) is 0.466. The summed E-state index contributed by atoms with van der Waals surface area (Å²) in [7, 11) is 0. The molecule has 1 nitrogen and oxygen atoms in total. The molecule has 0 saturated carbocycles. The van der Waals surface area contributed by atoms with Crippen LogP contribution in [0, 0.1) is 5.92 Å². The summed E-state index contributed by atoms with van der Waals surface area (Å²) in [5.74, 6) is 0.149. The van der Waals surface area contributed by atoms with Crippen molar-refractivity contribution in [2.75, 3.05) is 0 Å². The van der Waals surface area contributed by atoms with Gasteiger partial charge in [-0.15, -0.1) is 0 Å². The van der Waals surface area contributed by atoms with Crippen LogP contribution in [0.1, 0.15) is 27.2 Å². The number of Topliss-reactive ketones (excluding diaryl/α,β-unsaturated/α-hetero) is 1. The highest BCUT2D eigenvalue weighted by atomic mass is 16.1. The van der Waals surface area contributed by atoms with Crippen LogP contribution in [0.5, 0.6) is 0 Å². The molecule has 1 unspecified atom stereocenters. The fraction of sp³-hybridized carbons (Fsp3) is 0.417. The van der Waals surface area contributed by atoms with Crippen molar-refractivity contribution >= 4 is 5.78 Å². The first kappa shape index (κ1) is 11.9. The van der Waals surface area contributed by atoms with Gasteiger partial charge in [0, 0.05) is 5.92 Å². The van der Waals surface area contributed by atoms with Crippen LogP contribution in [0.15, 0.2) is 36.5 Å². The van der Waals surface area contributed by atoms with Crippen LogP contribution < -0.4 is 0 Å². The molecule has 0 bridgehead atoms. The molecule has 0 amide bonds. The second-order valence-electron chi connectivity index (χ2n) is 3.40. The second-order valence-corrected chi connectivity index (χ2v) is 3.40. The van der Waals surface area contributed by atoms with E-state index in [0.717, 1.165) is 17.6 Å². The molecule has 0 aliphatic rings. The summed E-state index contributed by atoms with van der Waals surface area (Å²) < 4.78 is 0. The monoisotopic (exact) mass is 178 g/mol. The van der Waals surface area contributed by atoms with Crippen molar-refractivity contribution in [3.05, 3.63) is 36.5 Å². The molecule has 0 spiro atoms. The van der Waals surface area contributed by atoms with Crippen LogP contribution in [0.2, 0.25) is 0 Å². The largest absolute Gasteiger partial charge is 0.299 e. The maximum absolute atomic E-state index is 11.2. The van der Waals surface area contributed by atoms with Gasteiger partial charge < -0.3 is 0 Å². The maximum atomic E-state index is 11.2. The van der Waals surface area contributed by atoms with E-state index in [4.69, 9.17) is 0 Å². The first-order valence-corrected chi connectivity index (χ1v) is 4.44. The Bertz CT molecular complexity index is 232. The van der Waals surface area contributed by atoms with Crippen molar-refractivity contribution < 1.29 is 4.79 Å². The fourth-order valence-electron chi connectivity index (χ4n) is 1.10. The van der Waals surface area contributed by atoms with Crippen molar-refractivity contribution in [1.82, 2.24) is 0 Å². The maximum Gasteiger partial charge on any atom is 0.137 e. The van der Waals surface area contributed by atoms with E-state index >= 15 is 0 Å². The van der Waals surface area contributed by atoms with Crippen molar-refractivity contribution in [3.8, 4) is 0 Å². The molecule has 0 N–H and O–H groups in total. The van der Waals surface area contributed by atoms with Gasteiger partial charge in [-0.1, -0.05) is 36.5 Å². The van der Waals surface area contributed by atoms with Crippen molar-refractivity contribution in [1.29, 1.82) is 0 Å². The molecule has 0 aromatic carbocycles. The normalized spacial score (nSPS) is 13.6. The van der Waals surface area contributed by atoms with Gasteiger partial charge in [-0.2, -0.15) is 0 Å². The predicted molar refractivity (Wildman–Crippen MR) is 57.6 cm³/mol. The first-order valence-electron chi connectivity index (χ1n) is 4.44. The summed E-state index contributed by atoms with van der Waals surface area (Å²) in [6.45, 7) is 12.9. The van der Waals surface area contributed by atoms with Gasteiger partial charge in [0.15, 0.2) is 0 Å². The highest BCUT2D eigenvalue weighted by Crippen LogP contribution is 2.16. The average molecular weight is 178 g/mol.